The van der Waals surface area contributed by atoms with E-state index >= 15 is 0 Å². The standard InChI is InChI=1S/C24H28N6O2/c1-5-15(4)24-27-18-7-9-30(13-20(18)32-24)21-10-16(6-8-25-21)23-17-11-22(31-14(2)3)26-12-19(17)28-29-23/h6,8,10-12,14-15H,5,7,9,13H2,1-4H3,(H,28,29). The SMILES string of the molecule is CCC(C)c1nc2c(o1)CN(c1cc(-c3n[nH]c4cnc(OC(C)C)cc34)ccn1)CC2. The van der Waals surface area contributed by atoms with Crippen LogP contribution in [0.25, 0.3) is 22.2 Å². The lowest BCUT2D eigenvalue weighted by atomic mass is 10.1. The summed E-state index contributed by atoms with van der Waals surface area (Å²) >= 11 is 0. The van der Waals surface area contributed by atoms with Crippen LogP contribution in [0.3, 0.4) is 0 Å². The molecule has 32 heavy (non-hydrogen) atoms. The van der Waals surface area contributed by atoms with Crippen molar-refractivity contribution in [2.24, 2.45) is 0 Å². The lowest BCUT2D eigenvalue weighted by molar-refractivity contribution is 0.233. The fourth-order valence-corrected chi connectivity index (χ4v) is 3.96. The highest BCUT2D eigenvalue weighted by atomic mass is 16.5. The van der Waals surface area contributed by atoms with Crippen LogP contribution in [0.2, 0.25) is 0 Å². The summed E-state index contributed by atoms with van der Waals surface area (Å²) in [6, 6.07) is 6.00. The molecule has 8 nitrogen and oxygen atoms in total. The molecular weight excluding hydrogens is 404 g/mol. The second-order valence-electron chi connectivity index (χ2n) is 8.61. The van der Waals surface area contributed by atoms with Crippen molar-refractivity contribution in [3.63, 3.8) is 0 Å². The van der Waals surface area contributed by atoms with Crippen LogP contribution in [0.5, 0.6) is 5.88 Å². The largest absolute Gasteiger partial charge is 0.475 e. The molecule has 5 rings (SSSR count). The monoisotopic (exact) mass is 432 g/mol. The zero-order valence-corrected chi connectivity index (χ0v) is 18.9. The molecule has 0 amide bonds. The normalized spacial score (nSPS) is 14.7. The molecule has 0 fully saturated rings. The molecular formula is C24H28N6O2. The lowest BCUT2D eigenvalue weighted by Crippen LogP contribution is -2.30. The summed E-state index contributed by atoms with van der Waals surface area (Å²) in [5, 5.41) is 8.59. The topological polar surface area (TPSA) is 93.0 Å². The summed E-state index contributed by atoms with van der Waals surface area (Å²) in [6.45, 7) is 9.81. The highest BCUT2D eigenvalue weighted by molar-refractivity contribution is 5.93. The summed E-state index contributed by atoms with van der Waals surface area (Å²) in [5.74, 6) is 3.62. The number of ether oxygens (including phenoxy) is 1. The van der Waals surface area contributed by atoms with Crippen molar-refractivity contribution in [2.75, 3.05) is 11.4 Å². The number of nitrogens with one attached hydrogen (secondary N) is 1. The zero-order valence-electron chi connectivity index (χ0n) is 18.9. The van der Waals surface area contributed by atoms with Gasteiger partial charge in [-0.3, -0.25) is 5.10 Å². The molecule has 1 aliphatic rings. The van der Waals surface area contributed by atoms with Gasteiger partial charge in [-0.15, -0.1) is 0 Å². The summed E-state index contributed by atoms with van der Waals surface area (Å²) in [7, 11) is 0. The molecule has 1 aliphatic heterocycles. The summed E-state index contributed by atoms with van der Waals surface area (Å²) in [6.07, 6.45) is 5.52. The predicted octanol–water partition coefficient (Wildman–Crippen LogP) is 4.87. The van der Waals surface area contributed by atoms with E-state index in [2.05, 4.69) is 45.0 Å². The van der Waals surface area contributed by atoms with E-state index < -0.39 is 0 Å². The number of fused-ring (bicyclic) bond motifs is 2. The van der Waals surface area contributed by atoms with Gasteiger partial charge < -0.3 is 14.1 Å². The Balaban J connectivity index is 1.44. The molecule has 0 spiro atoms. The number of oxazole rings is 1. The van der Waals surface area contributed by atoms with E-state index in [0.717, 1.165) is 64.7 Å². The molecule has 4 aromatic rings. The van der Waals surface area contributed by atoms with Gasteiger partial charge in [0, 0.05) is 42.1 Å². The molecule has 0 radical (unpaired) electrons. The van der Waals surface area contributed by atoms with Crippen LogP contribution in [0, 0.1) is 0 Å². The van der Waals surface area contributed by atoms with Gasteiger partial charge in [0.2, 0.25) is 5.88 Å². The van der Waals surface area contributed by atoms with Gasteiger partial charge in [-0.25, -0.2) is 15.0 Å². The van der Waals surface area contributed by atoms with Crippen LogP contribution in [-0.2, 0) is 13.0 Å². The minimum Gasteiger partial charge on any atom is -0.475 e. The van der Waals surface area contributed by atoms with E-state index in [1.165, 1.54) is 0 Å². The molecule has 4 aromatic heterocycles. The maximum atomic E-state index is 6.10. The Morgan fingerprint density at radius 1 is 1.22 bits per heavy atom. The van der Waals surface area contributed by atoms with Crippen molar-refractivity contribution >= 4 is 16.7 Å². The number of pyridine rings is 2. The molecule has 8 heteroatoms. The molecule has 5 heterocycles. The fourth-order valence-electron chi connectivity index (χ4n) is 3.96. The average molecular weight is 433 g/mol. The summed E-state index contributed by atoms with van der Waals surface area (Å²) < 4.78 is 11.9. The van der Waals surface area contributed by atoms with E-state index in [1.54, 1.807) is 6.20 Å². The second-order valence-corrected chi connectivity index (χ2v) is 8.61. The van der Waals surface area contributed by atoms with Gasteiger partial charge in [-0.1, -0.05) is 13.8 Å². The molecule has 0 saturated carbocycles. The maximum Gasteiger partial charge on any atom is 0.214 e. The Kier molecular flexibility index (Phi) is 5.28. The van der Waals surface area contributed by atoms with E-state index in [1.807, 2.05) is 32.2 Å². The Hall–Kier alpha value is -3.42. The summed E-state index contributed by atoms with van der Waals surface area (Å²) in [5.41, 5.74) is 3.80. The number of H-pyrrole nitrogens is 1. The number of hydrogen-bond acceptors (Lipinski definition) is 7. The second kappa shape index (κ2) is 8.26. The summed E-state index contributed by atoms with van der Waals surface area (Å²) in [4.78, 5) is 15.9. The molecule has 1 unspecified atom stereocenters. The highest BCUT2D eigenvalue weighted by Gasteiger charge is 2.25. The molecule has 0 aromatic carbocycles. The van der Waals surface area contributed by atoms with Crippen molar-refractivity contribution in [2.45, 2.75) is 59.1 Å². The third-order valence-electron chi connectivity index (χ3n) is 5.90. The quantitative estimate of drug-likeness (QED) is 0.464. The number of rotatable bonds is 6. The minimum absolute atomic E-state index is 0.0590. The lowest BCUT2D eigenvalue weighted by Gasteiger charge is -2.26. The van der Waals surface area contributed by atoms with Gasteiger partial charge in [0.1, 0.15) is 17.3 Å². The zero-order chi connectivity index (χ0) is 22.2. The van der Waals surface area contributed by atoms with Gasteiger partial charge in [-0.05, 0) is 32.4 Å². The molecule has 0 aliphatic carbocycles. The highest BCUT2D eigenvalue weighted by Crippen LogP contribution is 2.32. The third kappa shape index (κ3) is 3.81. The number of anilines is 1. The molecule has 1 atom stereocenters. The van der Waals surface area contributed by atoms with Crippen LogP contribution >= 0.6 is 0 Å². The Morgan fingerprint density at radius 3 is 2.91 bits per heavy atom. The van der Waals surface area contributed by atoms with Gasteiger partial charge in [0.05, 0.1) is 30.1 Å². The van der Waals surface area contributed by atoms with Crippen molar-refractivity contribution in [1.82, 2.24) is 25.1 Å². The first kappa shape index (κ1) is 20.5. The molecule has 166 valence electrons. The first-order valence-corrected chi connectivity index (χ1v) is 11.2. The Bertz CT molecular complexity index is 1240. The van der Waals surface area contributed by atoms with Crippen molar-refractivity contribution in [3.05, 3.63) is 47.9 Å². The van der Waals surface area contributed by atoms with Crippen LogP contribution in [0.1, 0.15) is 57.4 Å². The number of aromatic amines is 1. The van der Waals surface area contributed by atoms with Crippen LogP contribution in [0.4, 0.5) is 5.82 Å². The van der Waals surface area contributed by atoms with E-state index in [9.17, 15) is 0 Å². The average Bonchev–Trinajstić information content (AvgIpc) is 3.41. The predicted molar refractivity (Wildman–Crippen MR) is 123 cm³/mol. The van der Waals surface area contributed by atoms with Gasteiger partial charge >= 0.3 is 0 Å². The van der Waals surface area contributed by atoms with E-state index in [-0.39, 0.29) is 6.10 Å². The van der Waals surface area contributed by atoms with Gasteiger partial charge in [-0.2, -0.15) is 5.10 Å². The number of hydrogen-bond donors (Lipinski definition) is 1. The number of nitrogens with zero attached hydrogens (tertiary/aromatic N) is 5. The van der Waals surface area contributed by atoms with Crippen molar-refractivity contribution in [1.29, 1.82) is 0 Å². The maximum absolute atomic E-state index is 6.10. The minimum atomic E-state index is 0.0590. The van der Waals surface area contributed by atoms with Crippen molar-refractivity contribution < 1.29 is 9.15 Å². The smallest absolute Gasteiger partial charge is 0.214 e. The van der Waals surface area contributed by atoms with E-state index in [0.29, 0.717) is 18.3 Å². The Morgan fingerprint density at radius 2 is 2.09 bits per heavy atom. The van der Waals surface area contributed by atoms with E-state index in [4.69, 9.17) is 14.1 Å². The van der Waals surface area contributed by atoms with Crippen LogP contribution < -0.4 is 9.64 Å². The van der Waals surface area contributed by atoms with Crippen LogP contribution in [0.15, 0.2) is 35.0 Å². The first-order valence-electron chi connectivity index (χ1n) is 11.2. The molecule has 0 saturated heterocycles. The first-order chi connectivity index (χ1) is 15.5. The fraction of sp³-hybridized carbons (Fsp3) is 0.417. The van der Waals surface area contributed by atoms with Crippen molar-refractivity contribution in [3.8, 4) is 17.1 Å². The van der Waals surface area contributed by atoms with Gasteiger partial charge in [0.25, 0.3) is 0 Å². The molecule has 0 bridgehead atoms. The van der Waals surface area contributed by atoms with Gasteiger partial charge in [0.15, 0.2) is 5.89 Å². The van der Waals surface area contributed by atoms with Crippen LogP contribution in [-0.4, -0.2) is 37.8 Å². The third-order valence-corrected chi connectivity index (χ3v) is 5.90. The number of aromatic nitrogens is 5. The molecule has 1 N–H and O–H groups in total. The Labute approximate surface area is 187 Å².